The van der Waals surface area contributed by atoms with Gasteiger partial charge in [-0.25, -0.2) is 0 Å². The first-order valence-electron chi connectivity index (χ1n) is 4.66. The molecule has 0 atom stereocenters. The lowest BCUT2D eigenvalue weighted by molar-refractivity contribution is 0.0651. The molecule has 5 heteroatoms. The molecule has 0 saturated heterocycles. The van der Waals surface area contributed by atoms with Gasteiger partial charge >= 0.3 is 0 Å². The molecule has 0 saturated carbocycles. The molecule has 1 aromatic rings. The van der Waals surface area contributed by atoms with Gasteiger partial charge < -0.3 is 15.2 Å². The number of hydrogen-bond donors (Lipinski definition) is 1. The molecular formula is C9H17N3O2. The topological polar surface area (TPSA) is 62.3 Å². The zero-order valence-corrected chi connectivity index (χ0v) is 8.48. The highest BCUT2D eigenvalue weighted by Crippen LogP contribution is 1.96. The number of nitrogens with two attached hydrogens (primary N) is 1. The first kappa shape index (κ1) is 11.2. The van der Waals surface area contributed by atoms with Crippen LogP contribution in [0.3, 0.4) is 0 Å². The second-order valence-corrected chi connectivity index (χ2v) is 2.85. The summed E-state index contributed by atoms with van der Waals surface area (Å²) in [4.78, 5) is 0. The van der Waals surface area contributed by atoms with E-state index in [2.05, 4.69) is 5.10 Å². The number of hydrogen-bond acceptors (Lipinski definition) is 4. The third kappa shape index (κ3) is 3.45. The molecule has 0 aliphatic carbocycles. The van der Waals surface area contributed by atoms with Crippen LogP contribution in [0.4, 0.5) is 0 Å². The standard InChI is InChI=1S/C9H17N3O2/c1-13-6-7-14-5-4-12-9(8-10)2-3-11-12/h2-3H,4-8,10H2,1H3. The van der Waals surface area contributed by atoms with Crippen molar-refractivity contribution >= 4 is 0 Å². The van der Waals surface area contributed by atoms with Crippen LogP contribution >= 0.6 is 0 Å². The van der Waals surface area contributed by atoms with Gasteiger partial charge in [-0.2, -0.15) is 5.10 Å². The minimum absolute atomic E-state index is 0.512. The van der Waals surface area contributed by atoms with Gasteiger partial charge in [0.25, 0.3) is 0 Å². The molecule has 1 aromatic heterocycles. The maximum Gasteiger partial charge on any atom is 0.0701 e. The van der Waals surface area contributed by atoms with Gasteiger partial charge in [-0.1, -0.05) is 0 Å². The van der Waals surface area contributed by atoms with Crippen molar-refractivity contribution in [2.45, 2.75) is 13.1 Å². The van der Waals surface area contributed by atoms with E-state index < -0.39 is 0 Å². The van der Waals surface area contributed by atoms with Crippen LogP contribution in [0.25, 0.3) is 0 Å². The fourth-order valence-corrected chi connectivity index (χ4v) is 1.13. The third-order valence-corrected chi connectivity index (χ3v) is 1.89. The molecule has 0 bridgehead atoms. The van der Waals surface area contributed by atoms with Gasteiger partial charge in [-0.3, -0.25) is 4.68 Å². The summed E-state index contributed by atoms with van der Waals surface area (Å²) in [7, 11) is 1.66. The van der Waals surface area contributed by atoms with E-state index in [1.165, 1.54) is 0 Å². The summed E-state index contributed by atoms with van der Waals surface area (Å²) in [5.74, 6) is 0. The fourth-order valence-electron chi connectivity index (χ4n) is 1.13. The van der Waals surface area contributed by atoms with Crippen LogP contribution in [0.15, 0.2) is 12.3 Å². The van der Waals surface area contributed by atoms with E-state index in [0.717, 1.165) is 12.2 Å². The second-order valence-electron chi connectivity index (χ2n) is 2.85. The minimum atomic E-state index is 0.512. The van der Waals surface area contributed by atoms with E-state index in [-0.39, 0.29) is 0 Å². The van der Waals surface area contributed by atoms with E-state index in [9.17, 15) is 0 Å². The van der Waals surface area contributed by atoms with E-state index in [0.29, 0.717) is 26.4 Å². The highest BCUT2D eigenvalue weighted by atomic mass is 16.5. The van der Waals surface area contributed by atoms with Crippen molar-refractivity contribution in [3.05, 3.63) is 18.0 Å². The lowest BCUT2D eigenvalue weighted by atomic mass is 10.4. The van der Waals surface area contributed by atoms with Crippen LogP contribution in [0, 0.1) is 0 Å². The summed E-state index contributed by atoms with van der Waals surface area (Å²) in [6.07, 6.45) is 1.75. The van der Waals surface area contributed by atoms with Gasteiger partial charge in [-0.05, 0) is 6.07 Å². The maximum atomic E-state index is 5.53. The molecule has 0 aromatic carbocycles. The number of nitrogens with zero attached hydrogens (tertiary/aromatic N) is 2. The SMILES string of the molecule is COCCOCCn1nccc1CN. The first-order chi connectivity index (χ1) is 6.88. The summed E-state index contributed by atoms with van der Waals surface area (Å²) in [6.45, 7) is 3.14. The molecule has 5 nitrogen and oxygen atoms in total. The summed E-state index contributed by atoms with van der Waals surface area (Å²) in [5, 5.41) is 4.13. The van der Waals surface area contributed by atoms with Gasteiger partial charge in [0, 0.05) is 19.9 Å². The second kappa shape index (κ2) is 6.53. The van der Waals surface area contributed by atoms with Gasteiger partial charge in [-0.15, -0.1) is 0 Å². The minimum Gasteiger partial charge on any atom is -0.382 e. The smallest absolute Gasteiger partial charge is 0.0701 e. The Hall–Kier alpha value is -0.910. The largest absolute Gasteiger partial charge is 0.382 e. The Bertz CT molecular complexity index is 250. The Labute approximate surface area is 83.8 Å². The normalized spacial score (nSPS) is 10.7. The van der Waals surface area contributed by atoms with Crippen LogP contribution in [0.2, 0.25) is 0 Å². The van der Waals surface area contributed by atoms with Gasteiger partial charge in [0.15, 0.2) is 0 Å². The Kier molecular flexibility index (Phi) is 5.21. The summed E-state index contributed by atoms with van der Waals surface area (Å²) in [5.41, 5.74) is 6.55. The van der Waals surface area contributed by atoms with Crippen molar-refractivity contribution in [3.8, 4) is 0 Å². The predicted octanol–water partition coefficient (Wildman–Crippen LogP) is 0.00480. The molecule has 0 fully saturated rings. The number of aromatic nitrogens is 2. The molecule has 0 aliphatic heterocycles. The number of ether oxygens (including phenoxy) is 2. The maximum absolute atomic E-state index is 5.53. The van der Waals surface area contributed by atoms with Crippen molar-refractivity contribution in [1.29, 1.82) is 0 Å². The molecule has 14 heavy (non-hydrogen) atoms. The molecular weight excluding hydrogens is 182 g/mol. The molecule has 1 rings (SSSR count). The van der Waals surface area contributed by atoms with Gasteiger partial charge in [0.05, 0.1) is 32.1 Å². The average Bonchev–Trinajstić information content (AvgIpc) is 2.65. The zero-order valence-electron chi connectivity index (χ0n) is 8.48. The van der Waals surface area contributed by atoms with Crippen molar-refractivity contribution in [2.75, 3.05) is 26.9 Å². The van der Waals surface area contributed by atoms with Crippen LogP contribution in [0.1, 0.15) is 5.69 Å². The number of rotatable bonds is 7. The van der Waals surface area contributed by atoms with Gasteiger partial charge in [0.2, 0.25) is 0 Å². The van der Waals surface area contributed by atoms with E-state index >= 15 is 0 Å². The van der Waals surface area contributed by atoms with E-state index in [1.54, 1.807) is 13.3 Å². The molecule has 0 amide bonds. The van der Waals surface area contributed by atoms with Gasteiger partial charge in [0.1, 0.15) is 0 Å². The quantitative estimate of drug-likeness (QED) is 0.628. The van der Waals surface area contributed by atoms with E-state index in [4.69, 9.17) is 15.2 Å². The lowest BCUT2D eigenvalue weighted by Crippen LogP contribution is -2.14. The Morgan fingerprint density at radius 3 is 3.00 bits per heavy atom. The molecule has 80 valence electrons. The van der Waals surface area contributed by atoms with Crippen molar-refractivity contribution in [1.82, 2.24) is 9.78 Å². The first-order valence-corrected chi connectivity index (χ1v) is 4.66. The fraction of sp³-hybridized carbons (Fsp3) is 0.667. The zero-order chi connectivity index (χ0) is 10.2. The van der Waals surface area contributed by atoms with Crippen LogP contribution in [-0.2, 0) is 22.6 Å². The van der Waals surface area contributed by atoms with E-state index in [1.807, 2.05) is 10.7 Å². The Morgan fingerprint density at radius 1 is 1.43 bits per heavy atom. The highest BCUT2D eigenvalue weighted by molar-refractivity contribution is 4.99. The molecule has 0 spiro atoms. The molecule has 1 heterocycles. The Balaban J connectivity index is 2.17. The van der Waals surface area contributed by atoms with Crippen molar-refractivity contribution < 1.29 is 9.47 Å². The number of methoxy groups -OCH3 is 1. The summed E-state index contributed by atoms with van der Waals surface area (Å²) < 4.78 is 12.0. The van der Waals surface area contributed by atoms with Crippen LogP contribution < -0.4 is 5.73 Å². The predicted molar refractivity (Wildman–Crippen MR) is 52.8 cm³/mol. The Morgan fingerprint density at radius 2 is 2.29 bits per heavy atom. The summed E-state index contributed by atoms with van der Waals surface area (Å²) in [6, 6.07) is 1.91. The third-order valence-electron chi connectivity index (χ3n) is 1.89. The molecule has 0 aliphatic rings. The molecule has 0 unspecified atom stereocenters. The van der Waals surface area contributed by atoms with Crippen LogP contribution in [-0.4, -0.2) is 36.7 Å². The van der Waals surface area contributed by atoms with Crippen molar-refractivity contribution in [2.24, 2.45) is 5.73 Å². The van der Waals surface area contributed by atoms with Crippen LogP contribution in [0.5, 0.6) is 0 Å². The molecule has 0 radical (unpaired) electrons. The summed E-state index contributed by atoms with van der Waals surface area (Å²) >= 11 is 0. The average molecular weight is 199 g/mol. The van der Waals surface area contributed by atoms with Crippen molar-refractivity contribution in [3.63, 3.8) is 0 Å². The monoisotopic (exact) mass is 199 g/mol. The lowest BCUT2D eigenvalue weighted by Gasteiger charge is -2.06. The molecule has 2 N–H and O–H groups in total. The highest BCUT2D eigenvalue weighted by Gasteiger charge is 1.98.